The van der Waals surface area contributed by atoms with Crippen molar-refractivity contribution in [2.45, 2.75) is 6.42 Å². The monoisotopic (exact) mass is 648 g/mol. The topological polar surface area (TPSA) is 0 Å². The molecule has 1 aliphatic rings. The smallest absolute Gasteiger partial charge is 0.00988 e. The highest BCUT2D eigenvalue weighted by atomic mass is 19.0. The molecule has 8 rings (SSSR count). The summed E-state index contributed by atoms with van der Waals surface area (Å²) in [7, 11) is 0. The number of halogens is 1. The second kappa shape index (κ2) is 16.2. The summed E-state index contributed by atoms with van der Waals surface area (Å²) in [5, 5.41) is 10.0. The molecule has 0 aromatic heterocycles. The van der Waals surface area contributed by atoms with Gasteiger partial charge in [0, 0.05) is 0 Å². The van der Waals surface area contributed by atoms with Crippen molar-refractivity contribution in [1.82, 2.24) is 0 Å². The van der Waals surface area contributed by atoms with E-state index in [1.165, 1.54) is 70.9 Å². The Balaban J connectivity index is 0.000000351. The lowest BCUT2D eigenvalue weighted by Gasteiger charge is -2.14. The molecule has 0 saturated heterocycles. The average Bonchev–Trinajstić information content (AvgIpc) is 3.17. The van der Waals surface area contributed by atoms with Gasteiger partial charge in [-0.25, -0.2) is 0 Å². The maximum Gasteiger partial charge on any atom is -0.00988 e. The molecule has 0 radical (unpaired) electrons. The molecule has 0 saturated carbocycles. The molecule has 0 atom stereocenters. The van der Waals surface area contributed by atoms with Gasteiger partial charge < -0.3 is 0 Å². The second-order valence-corrected chi connectivity index (χ2v) is 12.0. The molecule has 7 aromatic rings. The van der Waals surface area contributed by atoms with Crippen molar-refractivity contribution in [2.75, 3.05) is 0 Å². The van der Waals surface area contributed by atoms with Crippen LogP contribution in [0.15, 0.2) is 196 Å². The molecule has 0 fully saturated rings. The Morgan fingerprint density at radius 1 is 0.480 bits per heavy atom. The van der Waals surface area contributed by atoms with Gasteiger partial charge in [-0.1, -0.05) is 184 Å². The first-order valence-corrected chi connectivity index (χ1v) is 16.6. The van der Waals surface area contributed by atoms with Crippen molar-refractivity contribution in [2.24, 2.45) is 0 Å². The maximum absolute atomic E-state index is 4.06. The molecule has 0 aliphatic heterocycles. The molecule has 244 valence electrons. The first-order valence-electron chi connectivity index (χ1n) is 16.6. The lowest BCUT2D eigenvalue weighted by molar-refractivity contribution is 1.11. The summed E-state index contributed by atoms with van der Waals surface area (Å²) in [4.78, 5) is 0. The summed E-state index contributed by atoms with van der Waals surface area (Å²) in [6.07, 6.45) is 16.3. The summed E-state index contributed by atoms with van der Waals surface area (Å²) in [5.74, 6) is 0. The molecular weight excluding hydrogens is 608 g/mol. The fraction of sp³-hybridized carbons (Fsp3) is 0.0204. The van der Waals surface area contributed by atoms with Gasteiger partial charge in [-0.3, -0.25) is 4.70 Å². The Morgan fingerprint density at radius 2 is 1.02 bits per heavy atom. The van der Waals surface area contributed by atoms with Crippen LogP contribution in [0, 0.1) is 0 Å². The maximum atomic E-state index is 4.06. The van der Waals surface area contributed by atoms with E-state index in [1.54, 1.807) is 12.2 Å². The van der Waals surface area contributed by atoms with Crippen molar-refractivity contribution in [3.63, 3.8) is 0 Å². The van der Waals surface area contributed by atoms with Crippen molar-refractivity contribution < 1.29 is 4.70 Å². The summed E-state index contributed by atoms with van der Waals surface area (Å²) < 4.78 is 0. The van der Waals surface area contributed by atoms with E-state index in [4.69, 9.17) is 0 Å². The van der Waals surface area contributed by atoms with Crippen LogP contribution in [-0.2, 0) is 0 Å². The van der Waals surface area contributed by atoms with Gasteiger partial charge in [0.15, 0.2) is 0 Å². The van der Waals surface area contributed by atoms with Crippen LogP contribution in [0.4, 0.5) is 4.70 Å². The minimum absolute atomic E-state index is 0. The molecule has 0 heterocycles. The third-order valence-electron chi connectivity index (χ3n) is 8.90. The molecule has 1 heteroatoms. The van der Waals surface area contributed by atoms with Gasteiger partial charge >= 0.3 is 0 Å². The molecule has 1 aliphatic carbocycles. The van der Waals surface area contributed by atoms with Crippen LogP contribution in [0.2, 0.25) is 0 Å². The van der Waals surface area contributed by atoms with Crippen LogP contribution in [0.1, 0.15) is 17.5 Å². The van der Waals surface area contributed by atoms with Crippen LogP contribution in [0.3, 0.4) is 0 Å². The zero-order chi connectivity index (χ0) is 34.2. The SMILES string of the molecule is C=C1C=CC=CC1.C=CC=C.C=Cc1cc(-c2ccc3cc(-c4cc5ccccc5c5ccccc45)ccc3c2)c2ccccc2c1C=C.F. The highest BCUT2D eigenvalue weighted by Gasteiger charge is 2.12. The minimum Gasteiger partial charge on any atom is -0.269 e. The molecule has 0 bridgehead atoms. The second-order valence-electron chi connectivity index (χ2n) is 12.0. The predicted molar refractivity (Wildman–Crippen MR) is 222 cm³/mol. The predicted octanol–water partition coefficient (Wildman–Crippen LogP) is 14.5. The molecule has 0 N–H and O–H groups in total. The van der Waals surface area contributed by atoms with Crippen LogP contribution < -0.4 is 0 Å². The van der Waals surface area contributed by atoms with Gasteiger partial charge in [0.1, 0.15) is 0 Å². The van der Waals surface area contributed by atoms with E-state index in [0.29, 0.717) is 0 Å². The van der Waals surface area contributed by atoms with Crippen LogP contribution >= 0.6 is 0 Å². The number of benzene rings is 7. The fourth-order valence-corrected chi connectivity index (χ4v) is 6.49. The van der Waals surface area contributed by atoms with Gasteiger partial charge in [0.2, 0.25) is 0 Å². The van der Waals surface area contributed by atoms with Crippen molar-refractivity contribution in [3.8, 4) is 22.3 Å². The van der Waals surface area contributed by atoms with Gasteiger partial charge in [-0.05, 0) is 107 Å². The lowest BCUT2D eigenvalue weighted by atomic mass is 9.89. The Bertz CT molecular complexity index is 2440. The normalized spacial score (nSPS) is 11.6. The van der Waals surface area contributed by atoms with Crippen LogP contribution in [0.25, 0.3) is 77.5 Å². The van der Waals surface area contributed by atoms with Crippen molar-refractivity contribution in [1.29, 1.82) is 0 Å². The highest BCUT2D eigenvalue weighted by molar-refractivity contribution is 6.14. The van der Waals surface area contributed by atoms with Gasteiger partial charge in [0.25, 0.3) is 0 Å². The molecule has 0 nitrogen and oxygen atoms in total. The summed E-state index contributed by atoms with van der Waals surface area (Å²) in [6, 6.07) is 44.2. The van der Waals surface area contributed by atoms with E-state index in [-0.39, 0.29) is 4.70 Å². The number of hydrogen-bond acceptors (Lipinski definition) is 0. The Hall–Kier alpha value is -6.31. The molecule has 0 amide bonds. The van der Waals surface area contributed by atoms with Crippen molar-refractivity contribution in [3.05, 3.63) is 207 Å². The summed E-state index contributed by atoms with van der Waals surface area (Å²) in [6.45, 7) is 18.6. The third kappa shape index (κ3) is 7.23. The fourth-order valence-electron chi connectivity index (χ4n) is 6.49. The number of allylic oxidation sites excluding steroid dienone is 7. The zero-order valence-corrected chi connectivity index (χ0v) is 28.3. The molecule has 0 spiro atoms. The Morgan fingerprint density at radius 3 is 1.54 bits per heavy atom. The summed E-state index contributed by atoms with van der Waals surface area (Å²) >= 11 is 0. The Labute approximate surface area is 295 Å². The molecule has 50 heavy (non-hydrogen) atoms. The van der Waals surface area contributed by atoms with Crippen molar-refractivity contribution >= 4 is 55.2 Å². The number of hydrogen-bond donors (Lipinski definition) is 0. The number of rotatable bonds is 5. The first-order chi connectivity index (χ1) is 24.1. The lowest BCUT2D eigenvalue weighted by Crippen LogP contribution is -1.90. The van der Waals surface area contributed by atoms with Gasteiger partial charge in [0.05, 0.1) is 0 Å². The first kappa shape index (κ1) is 35.0. The van der Waals surface area contributed by atoms with E-state index >= 15 is 0 Å². The minimum atomic E-state index is 0. The third-order valence-corrected chi connectivity index (χ3v) is 8.90. The zero-order valence-electron chi connectivity index (χ0n) is 28.3. The molecular formula is C49H41F. The molecule has 0 unspecified atom stereocenters. The van der Waals surface area contributed by atoms with Gasteiger partial charge in [-0.15, -0.1) is 0 Å². The average molecular weight is 649 g/mol. The number of fused-ring (bicyclic) bond motifs is 5. The van der Waals surface area contributed by atoms with Gasteiger partial charge in [-0.2, -0.15) is 0 Å². The van der Waals surface area contributed by atoms with E-state index in [9.17, 15) is 0 Å². The van der Waals surface area contributed by atoms with E-state index in [2.05, 4.69) is 160 Å². The largest absolute Gasteiger partial charge is 0.269 e. The summed E-state index contributed by atoms with van der Waals surface area (Å²) in [5.41, 5.74) is 8.36. The quantitative estimate of drug-likeness (QED) is 0.129. The standard InChI is InChI=1S/C38H26.C7H8.C4H6.FH/c1-3-25-23-37(35-15-9-7-13-33(35)31(25)4-2)29-19-17-27-22-30(20-18-26(27)21-29)38-24-28-11-5-6-12-32(28)34-14-8-10-16-36(34)38;1-7-5-3-2-4-6-7;1-3-4-2;/h3-24H,1-2H2;2-5H,1,6H2;3-4H,1-2H2;1H. The molecule has 7 aromatic carbocycles. The van der Waals surface area contributed by atoms with E-state index in [1.807, 2.05) is 30.4 Å². The van der Waals surface area contributed by atoms with Crippen LogP contribution in [-0.4, -0.2) is 0 Å². The van der Waals surface area contributed by atoms with E-state index < -0.39 is 0 Å². The van der Waals surface area contributed by atoms with E-state index in [0.717, 1.165) is 17.5 Å². The Kier molecular flexibility index (Phi) is 11.3. The van der Waals surface area contributed by atoms with Crippen LogP contribution in [0.5, 0.6) is 0 Å². The highest BCUT2D eigenvalue weighted by Crippen LogP contribution is 2.38.